The average Bonchev–Trinajstić information content (AvgIpc) is 2.50. The summed E-state index contributed by atoms with van der Waals surface area (Å²) in [6.45, 7) is 7.25. The van der Waals surface area contributed by atoms with Gasteiger partial charge in [-0.15, -0.1) is 0 Å². The van der Waals surface area contributed by atoms with E-state index in [1.54, 1.807) is 4.90 Å². The minimum Gasteiger partial charge on any atom is -0.354 e. The first-order valence-corrected chi connectivity index (χ1v) is 5.91. The van der Waals surface area contributed by atoms with Gasteiger partial charge in [0, 0.05) is 38.5 Å². The van der Waals surface area contributed by atoms with E-state index in [1.807, 2.05) is 13.8 Å². The number of rotatable bonds is 4. The van der Waals surface area contributed by atoms with Crippen LogP contribution < -0.4 is 10.6 Å². The number of nitrogens with zero attached hydrogens (tertiary/aromatic N) is 1. The molecule has 5 heteroatoms. The van der Waals surface area contributed by atoms with Crippen LogP contribution in [0.15, 0.2) is 0 Å². The van der Waals surface area contributed by atoms with Crippen LogP contribution in [-0.2, 0) is 9.59 Å². The highest BCUT2D eigenvalue weighted by Crippen LogP contribution is 2.04. The Bertz CT molecular complexity index is 256. The zero-order valence-electron chi connectivity index (χ0n) is 10.1. The van der Waals surface area contributed by atoms with Crippen LogP contribution in [0, 0.1) is 5.92 Å². The molecule has 1 unspecified atom stereocenters. The lowest BCUT2D eigenvalue weighted by Gasteiger charge is -2.23. The third kappa shape index (κ3) is 3.81. The molecule has 0 aromatic rings. The van der Waals surface area contributed by atoms with Gasteiger partial charge >= 0.3 is 0 Å². The van der Waals surface area contributed by atoms with E-state index in [4.69, 9.17) is 0 Å². The molecule has 0 spiro atoms. The molecule has 2 N–H and O–H groups in total. The van der Waals surface area contributed by atoms with E-state index in [1.165, 1.54) is 0 Å². The smallest absolute Gasteiger partial charge is 0.226 e. The van der Waals surface area contributed by atoms with Crippen molar-refractivity contribution in [2.24, 2.45) is 5.92 Å². The minimum atomic E-state index is -0.0202. The van der Waals surface area contributed by atoms with Crippen molar-refractivity contribution < 1.29 is 9.59 Å². The second-order valence-electron chi connectivity index (χ2n) is 4.13. The second kappa shape index (κ2) is 6.48. The van der Waals surface area contributed by atoms with Crippen LogP contribution in [0.5, 0.6) is 0 Å². The molecule has 0 aliphatic carbocycles. The Morgan fingerprint density at radius 1 is 1.56 bits per heavy atom. The van der Waals surface area contributed by atoms with Crippen molar-refractivity contribution in [1.29, 1.82) is 0 Å². The Morgan fingerprint density at radius 2 is 2.31 bits per heavy atom. The largest absolute Gasteiger partial charge is 0.354 e. The SMILES string of the molecule is CCNCC(C)C(=O)N1CCNC(=O)CC1. The zero-order valence-corrected chi connectivity index (χ0v) is 10.1. The molecule has 0 radical (unpaired) electrons. The van der Waals surface area contributed by atoms with Crippen molar-refractivity contribution in [2.75, 3.05) is 32.7 Å². The van der Waals surface area contributed by atoms with Crippen LogP contribution in [0.4, 0.5) is 0 Å². The Labute approximate surface area is 96.6 Å². The topological polar surface area (TPSA) is 61.4 Å². The monoisotopic (exact) mass is 227 g/mol. The Hall–Kier alpha value is -1.10. The highest BCUT2D eigenvalue weighted by molar-refractivity contribution is 5.81. The Kier molecular flexibility index (Phi) is 5.25. The predicted octanol–water partition coefficient (Wildman–Crippen LogP) is -0.419. The minimum absolute atomic E-state index is 0.0202. The molecule has 0 saturated carbocycles. The summed E-state index contributed by atoms with van der Waals surface area (Å²) in [5, 5.41) is 5.93. The maximum Gasteiger partial charge on any atom is 0.226 e. The Balaban J connectivity index is 2.42. The van der Waals surface area contributed by atoms with Gasteiger partial charge in [0.25, 0.3) is 0 Å². The number of nitrogens with one attached hydrogen (secondary N) is 2. The highest BCUT2D eigenvalue weighted by Gasteiger charge is 2.22. The maximum atomic E-state index is 12.0. The molecule has 5 nitrogen and oxygen atoms in total. The van der Waals surface area contributed by atoms with E-state index in [-0.39, 0.29) is 17.7 Å². The molecule has 1 rings (SSSR count). The molecule has 0 aromatic heterocycles. The van der Waals surface area contributed by atoms with Crippen LogP contribution in [-0.4, -0.2) is 49.4 Å². The summed E-state index contributed by atoms with van der Waals surface area (Å²) in [7, 11) is 0. The summed E-state index contributed by atoms with van der Waals surface area (Å²) in [6.07, 6.45) is 0.416. The van der Waals surface area contributed by atoms with Crippen molar-refractivity contribution in [1.82, 2.24) is 15.5 Å². The van der Waals surface area contributed by atoms with Crippen molar-refractivity contribution >= 4 is 11.8 Å². The van der Waals surface area contributed by atoms with Gasteiger partial charge in [0.2, 0.25) is 11.8 Å². The first-order valence-electron chi connectivity index (χ1n) is 5.91. The number of amides is 2. The molecular formula is C11H21N3O2. The van der Waals surface area contributed by atoms with Crippen molar-refractivity contribution in [3.05, 3.63) is 0 Å². The lowest BCUT2D eigenvalue weighted by Crippen LogP contribution is -2.40. The van der Waals surface area contributed by atoms with Gasteiger partial charge in [0.1, 0.15) is 0 Å². The van der Waals surface area contributed by atoms with Gasteiger partial charge in [-0.25, -0.2) is 0 Å². The average molecular weight is 227 g/mol. The molecule has 1 aliphatic heterocycles. The van der Waals surface area contributed by atoms with Gasteiger partial charge in [-0.1, -0.05) is 13.8 Å². The van der Waals surface area contributed by atoms with Crippen molar-refractivity contribution in [2.45, 2.75) is 20.3 Å². The fraction of sp³-hybridized carbons (Fsp3) is 0.818. The third-order valence-electron chi connectivity index (χ3n) is 2.75. The van der Waals surface area contributed by atoms with E-state index >= 15 is 0 Å². The van der Waals surface area contributed by atoms with Gasteiger partial charge in [-0.2, -0.15) is 0 Å². The number of carbonyl (C=O) groups excluding carboxylic acids is 2. The highest BCUT2D eigenvalue weighted by atomic mass is 16.2. The van der Waals surface area contributed by atoms with Crippen LogP contribution >= 0.6 is 0 Å². The molecule has 1 fully saturated rings. The standard InChI is InChI=1S/C11H21N3O2/c1-3-12-8-9(2)11(16)14-6-4-10(15)13-5-7-14/h9,12H,3-8H2,1-2H3,(H,13,15). The lowest BCUT2D eigenvalue weighted by atomic mass is 10.1. The van der Waals surface area contributed by atoms with Gasteiger partial charge in [0.05, 0.1) is 0 Å². The molecule has 1 heterocycles. The summed E-state index contributed by atoms with van der Waals surface area (Å²) in [5.74, 6) is 0.153. The van der Waals surface area contributed by atoms with E-state index in [0.29, 0.717) is 32.6 Å². The molecule has 2 amide bonds. The van der Waals surface area contributed by atoms with Gasteiger partial charge in [-0.05, 0) is 6.54 Å². The van der Waals surface area contributed by atoms with Gasteiger partial charge < -0.3 is 15.5 Å². The van der Waals surface area contributed by atoms with E-state index in [2.05, 4.69) is 10.6 Å². The second-order valence-corrected chi connectivity index (χ2v) is 4.13. The lowest BCUT2D eigenvalue weighted by molar-refractivity contribution is -0.134. The van der Waals surface area contributed by atoms with Crippen molar-refractivity contribution in [3.63, 3.8) is 0 Å². The molecule has 92 valence electrons. The molecule has 1 atom stereocenters. The molecule has 1 saturated heterocycles. The molecule has 0 aromatic carbocycles. The van der Waals surface area contributed by atoms with E-state index in [9.17, 15) is 9.59 Å². The van der Waals surface area contributed by atoms with Gasteiger partial charge in [0.15, 0.2) is 0 Å². The van der Waals surface area contributed by atoms with E-state index in [0.717, 1.165) is 6.54 Å². The van der Waals surface area contributed by atoms with Crippen LogP contribution in [0.1, 0.15) is 20.3 Å². The normalized spacial score (nSPS) is 18.9. The molecule has 16 heavy (non-hydrogen) atoms. The molecular weight excluding hydrogens is 206 g/mol. The fourth-order valence-electron chi connectivity index (χ4n) is 1.75. The number of carbonyl (C=O) groups is 2. The predicted molar refractivity (Wildman–Crippen MR) is 61.9 cm³/mol. The van der Waals surface area contributed by atoms with Crippen LogP contribution in [0.2, 0.25) is 0 Å². The maximum absolute atomic E-state index is 12.0. The summed E-state index contributed by atoms with van der Waals surface area (Å²) >= 11 is 0. The van der Waals surface area contributed by atoms with Gasteiger partial charge in [-0.3, -0.25) is 9.59 Å². The quantitative estimate of drug-likeness (QED) is 0.686. The Morgan fingerprint density at radius 3 is 3.00 bits per heavy atom. The van der Waals surface area contributed by atoms with Crippen molar-refractivity contribution in [3.8, 4) is 0 Å². The zero-order chi connectivity index (χ0) is 12.0. The first kappa shape index (κ1) is 13.0. The third-order valence-corrected chi connectivity index (χ3v) is 2.75. The summed E-state index contributed by atoms with van der Waals surface area (Å²) in [4.78, 5) is 24.9. The number of hydrogen-bond donors (Lipinski definition) is 2. The molecule has 0 bridgehead atoms. The van der Waals surface area contributed by atoms with E-state index < -0.39 is 0 Å². The summed E-state index contributed by atoms with van der Waals surface area (Å²) in [6, 6.07) is 0. The summed E-state index contributed by atoms with van der Waals surface area (Å²) in [5.41, 5.74) is 0. The fourth-order valence-corrected chi connectivity index (χ4v) is 1.75. The summed E-state index contributed by atoms with van der Waals surface area (Å²) < 4.78 is 0. The first-order chi connectivity index (χ1) is 7.65. The molecule has 1 aliphatic rings. The number of hydrogen-bond acceptors (Lipinski definition) is 3. The van der Waals surface area contributed by atoms with Crippen LogP contribution in [0.3, 0.4) is 0 Å². The van der Waals surface area contributed by atoms with Crippen LogP contribution in [0.25, 0.3) is 0 Å².